The summed E-state index contributed by atoms with van der Waals surface area (Å²) in [6, 6.07) is 6.02. The smallest absolute Gasteiger partial charge is 0.352 e. The molecule has 216 valence electrons. The molecule has 0 bridgehead atoms. The van der Waals surface area contributed by atoms with Crippen molar-refractivity contribution < 1.29 is 33.9 Å². The third kappa shape index (κ3) is 6.32. The minimum Gasteiger partial charge on any atom is -0.477 e. The summed E-state index contributed by atoms with van der Waals surface area (Å²) >= 11 is 2.51. The first kappa shape index (κ1) is 29.5. The molecule has 1 unspecified atom stereocenters. The summed E-state index contributed by atoms with van der Waals surface area (Å²) in [4.78, 5) is 68.6. The van der Waals surface area contributed by atoms with Gasteiger partial charge in [0.25, 0.3) is 17.7 Å². The van der Waals surface area contributed by atoms with Crippen molar-refractivity contribution >= 4 is 59.0 Å². The summed E-state index contributed by atoms with van der Waals surface area (Å²) in [5.41, 5.74) is 3.73. The highest BCUT2D eigenvalue weighted by Gasteiger charge is 2.55. The van der Waals surface area contributed by atoms with Crippen LogP contribution in [0, 0.1) is 0 Å². The number of H-pyrrole nitrogens is 1. The van der Waals surface area contributed by atoms with Crippen LogP contribution in [0.1, 0.15) is 26.3 Å². The molecule has 16 nitrogen and oxygen atoms in total. The van der Waals surface area contributed by atoms with E-state index in [0.29, 0.717) is 16.3 Å². The van der Waals surface area contributed by atoms with E-state index in [-0.39, 0.29) is 22.4 Å². The van der Waals surface area contributed by atoms with Crippen LogP contribution in [-0.2, 0) is 24.0 Å². The van der Waals surface area contributed by atoms with E-state index >= 15 is 0 Å². The molecular weight excluding hydrogens is 578 g/mol. The van der Waals surface area contributed by atoms with Crippen molar-refractivity contribution in [3.8, 4) is 0 Å². The number of carbonyl (C=O) groups is 5. The Morgan fingerprint density at radius 2 is 2.00 bits per heavy atom. The summed E-state index contributed by atoms with van der Waals surface area (Å²) in [6.07, 6.45) is 0. The van der Waals surface area contributed by atoms with Gasteiger partial charge in [-0.3, -0.25) is 24.6 Å². The van der Waals surface area contributed by atoms with Crippen LogP contribution in [0.25, 0.3) is 0 Å². The maximum atomic E-state index is 13.4. The van der Waals surface area contributed by atoms with Crippen molar-refractivity contribution in [2.45, 2.75) is 48.2 Å². The quantitative estimate of drug-likeness (QED) is 0.103. The Morgan fingerprint density at radius 3 is 2.61 bits per heavy atom. The number of thioether (sulfide) groups is 2. The number of nitrogens with two attached hydrogens (primary N) is 1. The molecule has 0 saturated carbocycles. The van der Waals surface area contributed by atoms with Crippen LogP contribution < -0.4 is 16.4 Å². The van der Waals surface area contributed by atoms with Crippen molar-refractivity contribution in [1.29, 1.82) is 0 Å². The average molecular weight is 604 g/mol. The van der Waals surface area contributed by atoms with Crippen molar-refractivity contribution in [2.24, 2.45) is 10.9 Å². The Kier molecular flexibility index (Phi) is 8.62. The van der Waals surface area contributed by atoms with Crippen LogP contribution in [0.15, 0.2) is 51.9 Å². The second-order valence-corrected chi connectivity index (χ2v) is 11.7. The van der Waals surface area contributed by atoms with Crippen molar-refractivity contribution in [2.75, 3.05) is 5.75 Å². The van der Waals surface area contributed by atoms with E-state index < -0.39 is 46.7 Å². The van der Waals surface area contributed by atoms with E-state index in [1.165, 1.54) is 37.4 Å². The Morgan fingerprint density at radius 1 is 1.29 bits per heavy atom. The summed E-state index contributed by atoms with van der Waals surface area (Å²) < 4.78 is 0. The van der Waals surface area contributed by atoms with E-state index in [1.54, 1.807) is 37.3 Å². The Hall–Kier alpha value is -4.45. The second-order valence-electron chi connectivity index (χ2n) is 9.23. The molecule has 0 spiro atoms. The number of fused-ring (bicyclic) bond motifs is 1. The predicted molar refractivity (Wildman–Crippen MR) is 145 cm³/mol. The lowest BCUT2D eigenvalue weighted by Gasteiger charge is -2.50. The fourth-order valence-electron chi connectivity index (χ4n) is 3.89. The lowest BCUT2D eigenvalue weighted by atomic mass is 10.0. The van der Waals surface area contributed by atoms with Gasteiger partial charge in [-0.2, -0.15) is 0 Å². The van der Waals surface area contributed by atoms with E-state index in [0.717, 1.165) is 4.90 Å². The zero-order valence-electron chi connectivity index (χ0n) is 21.9. The number of urea groups is 1. The Bertz CT molecular complexity index is 1430. The number of aromatic amines is 1. The summed E-state index contributed by atoms with van der Waals surface area (Å²) in [7, 11) is 0. The van der Waals surface area contributed by atoms with Gasteiger partial charge in [-0.05, 0) is 36.8 Å². The number of aromatic nitrogens is 4. The lowest BCUT2D eigenvalue weighted by Crippen LogP contribution is -2.71. The topological polar surface area (TPSA) is 235 Å². The molecule has 0 radical (unpaired) electrons. The van der Waals surface area contributed by atoms with Gasteiger partial charge in [0.2, 0.25) is 10.8 Å². The number of β-lactam (4-membered cyclic amide) rings is 1. The molecule has 4 rings (SSSR count). The molecule has 2 aliphatic rings. The molecular formula is C23H25N9O7S2. The molecule has 3 atom stereocenters. The number of oxime groups is 1. The molecule has 1 aromatic heterocycles. The van der Waals surface area contributed by atoms with E-state index in [9.17, 15) is 29.1 Å². The van der Waals surface area contributed by atoms with E-state index in [1.807, 2.05) is 5.32 Å². The van der Waals surface area contributed by atoms with Gasteiger partial charge >= 0.3 is 12.0 Å². The van der Waals surface area contributed by atoms with Crippen molar-refractivity contribution in [1.82, 2.24) is 36.2 Å². The normalized spacial score (nSPS) is 19.5. The molecule has 6 N–H and O–H groups in total. The molecule has 1 saturated heterocycles. The molecule has 3 heterocycles. The summed E-state index contributed by atoms with van der Waals surface area (Å²) in [5.74, 6) is -3.29. The van der Waals surface area contributed by atoms with Crippen LogP contribution in [0.4, 0.5) is 4.79 Å². The number of amides is 5. The summed E-state index contributed by atoms with van der Waals surface area (Å²) in [5, 5.41) is 31.1. The largest absolute Gasteiger partial charge is 0.477 e. The Balaban J connectivity index is 1.54. The number of carboxylic acids is 1. The number of carbonyl (C=O) groups excluding carboxylic acids is 4. The minimum absolute atomic E-state index is 0.154. The summed E-state index contributed by atoms with van der Waals surface area (Å²) in [6.45, 7) is 4.41. The van der Waals surface area contributed by atoms with Gasteiger partial charge in [-0.1, -0.05) is 47.2 Å². The number of rotatable bonds is 10. The molecule has 0 aliphatic carbocycles. The number of primary amides is 1. The maximum absolute atomic E-state index is 13.4. The number of nitrogens with one attached hydrogen (secondary N) is 3. The van der Waals surface area contributed by atoms with E-state index in [4.69, 9.17) is 10.6 Å². The SMILES string of the molecule is CC(Sc1nnn[nH]1)C1=C(C(=O)O)N2C(=O)[C@@H](NC(=O)/C(=N\OC(C)(C)C(=O)NC(N)=O)c3ccccc3)[C@H]2SC1. The zero-order chi connectivity index (χ0) is 29.9. The van der Waals surface area contributed by atoms with Gasteiger partial charge in [0, 0.05) is 16.6 Å². The molecule has 1 fully saturated rings. The van der Waals surface area contributed by atoms with E-state index in [2.05, 4.69) is 31.1 Å². The number of tetrazole rings is 1. The third-order valence-electron chi connectivity index (χ3n) is 6.00. The van der Waals surface area contributed by atoms with Gasteiger partial charge < -0.3 is 21.0 Å². The van der Waals surface area contributed by atoms with Gasteiger partial charge in [0.05, 0.1) is 0 Å². The van der Waals surface area contributed by atoms with Gasteiger partial charge in [-0.25, -0.2) is 14.7 Å². The number of carboxylic acid groups (broad SMARTS) is 1. The first-order valence-corrected chi connectivity index (χ1v) is 13.9. The number of nitrogens with zero attached hydrogens (tertiary/aromatic N) is 5. The predicted octanol–water partition coefficient (Wildman–Crippen LogP) is -0.187. The first-order chi connectivity index (χ1) is 19.4. The zero-order valence-corrected chi connectivity index (χ0v) is 23.5. The average Bonchev–Trinajstić information content (AvgIpc) is 3.44. The monoisotopic (exact) mass is 603 g/mol. The number of hydrogen-bond acceptors (Lipinski definition) is 12. The molecule has 1 aromatic carbocycles. The fourth-order valence-corrected chi connectivity index (χ4v) is 6.31. The molecule has 2 aliphatic heterocycles. The van der Waals surface area contributed by atoms with Crippen molar-refractivity contribution in [3.63, 3.8) is 0 Å². The van der Waals surface area contributed by atoms with Crippen LogP contribution in [-0.4, -0.2) is 94.1 Å². The van der Waals surface area contributed by atoms with Gasteiger partial charge in [-0.15, -0.1) is 16.9 Å². The lowest BCUT2D eigenvalue weighted by molar-refractivity contribution is -0.150. The van der Waals surface area contributed by atoms with Crippen LogP contribution >= 0.6 is 23.5 Å². The number of imide groups is 1. The Labute approximate surface area is 240 Å². The molecule has 2 aromatic rings. The number of benzene rings is 1. The first-order valence-electron chi connectivity index (χ1n) is 12.0. The van der Waals surface area contributed by atoms with Crippen molar-refractivity contribution in [3.05, 3.63) is 47.2 Å². The standard InChI is InChI=1S/C23H25N9O7S2/c1-10(41-22-27-30-31-28-22)12-9-40-18-14(17(34)32(18)15(12)19(35)36)25-16(33)13(11-7-5-4-6-8-11)29-39-23(2,3)20(37)26-21(24)38/h4-8,10,14,18H,9H2,1-3H3,(H,25,33)(H,35,36)(H3,24,26,37,38)(H,27,28,30,31)/b29-13-/t10?,14-,18-/m1/s1. The maximum Gasteiger partial charge on any atom is 0.352 e. The minimum atomic E-state index is -1.69. The third-order valence-corrected chi connectivity index (χ3v) is 8.34. The highest BCUT2D eigenvalue weighted by Crippen LogP contribution is 2.43. The molecule has 18 heteroatoms. The highest BCUT2D eigenvalue weighted by molar-refractivity contribution is 8.01. The fraction of sp³-hybridized carbons (Fsp3) is 0.348. The molecule has 41 heavy (non-hydrogen) atoms. The second kappa shape index (κ2) is 12.0. The van der Waals surface area contributed by atoms with Crippen LogP contribution in [0.2, 0.25) is 0 Å². The number of hydrogen-bond donors (Lipinski definition) is 5. The van der Waals surface area contributed by atoms with Gasteiger partial charge in [0.1, 0.15) is 17.1 Å². The van der Waals surface area contributed by atoms with Gasteiger partial charge in [0.15, 0.2) is 5.71 Å². The van der Waals surface area contributed by atoms with Crippen LogP contribution in [0.3, 0.4) is 0 Å². The number of aliphatic carboxylic acids is 1. The highest BCUT2D eigenvalue weighted by atomic mass is 32.2. The van der Waals surface area contributed by atoms with Crippen LogP contribution in [0.5, 0.6) is 0 Å². The molecule has 5 amide bonds.